The normalized spacial score (nSPS) is 25.3. The summed E-state index contributed by atoms with van der Waals surface area (Å²) in [5, 5.41) is 2.89. The van der Waals surface area contributed by atoms with Crippen molar-refractivity contribution in [2.45, 2.75) is 45.1 Å². The standard InChI is InChI=1S/C15H21N3O2S2/c1-9-12(22-15(21)17-9)7-14(20)18-5-3-2-4-11(18)10-6-13(19)16-8-10/h10-11H,2-8H2,1H3,(H,16,19)(H,17,21)/t10-,11-/m0/s1. The Hall–Kier alpha value is -1.21. The Balaban J connectivity index is 1.72. The van der Waals surface area contributed by atoms with Crippen LogP contribution in [0.5, 0.6) is 0 Å². The third kappa shape index (κ3) is 3.25. The molecular formula is C15H21N3O2S2. The molecule has 2 atom stereocenters. The highest BCUT2D eigenvalue weighted by molar-refractivity contribution is 7.73. The van der Waals surface area contributed by atoms with Crippen molar-refractivity contribution >= 4 is 35.4 Å². The molecule has 22 heavy (non-hydrogen) atoms. The van der Waals surface area contributed by atoms with Gasteiger partial charge in [-0.2, -0.15) is 0 Å². The minimum absolute atomic E-state index is 0.113. The number of nitrogens with one attached hydrogen (secondary N) is 2. The van der Waals surface area contributed by atoms with Crippen molar-refractivity contribution in [1.29, 1.82) is 0 Å². The number of piperidine rings is 1. The molecule has 2 N–H and O–H groups in total. The molecule has 1 aromatic heterocycles. The number of amides is 2. The SMILES string of the molecule is Cc1[nH]c(=S)sc1CC(=O)N1CCCC[C@H]1[C@@H]1CNC(=O)C1. The fraction of sp³-hybridized carbons (Fsp3) is 0.667. The summed E-state index contributed by atoms with van der Waals surface area (Å²) in [6.07, 6.45) is 4.16. The van der Waals surface area contributed by atoms with Gasteiger partial charge in [0.1, 0.15) is 0 Å². The summed E-state index contributed by atoms with van der Waals surface area (Å²) in [6.45, 7) is 3.47. The third-order valence-corrected chi connectivity index (χ3v) is 5.99. The molecule has 120 valence electrons. The van der Waals surface area contributed by atoms with Gasteiger partial charge in [-0.05, 0) is 38.4 Å². The molecule has 3 rings (SSSR count). The topological polar surface area (TPSA) is 65.2 Å². The van der Waals surface area contributed by atoms with Crippen molar-refractivity contribution in [3.05, 3.63) is 14.5 Å². The van der Waals surface area contributed by atoms with Crippen LogP contribution in [-0.2, 0) is 16.0 Å². The van der Waals surface area contributed by atoms with Crippen LogP contribution in [0.4, 0.5) is 0 Å². The number of hydrogen-bond acceptors (Lipinski definition) is 4. The van der Waals surface area contributed by atoms with E-state index in [0.717, 1.165) is 40.3 Å². The van der Waals surface area contributed by atoms with Gasteiger partial charge in [-0.3, -0.25) is 9.59 Å². The van der Waals surface area contributed by atoms with Crippen molar-refractivity contribution < 1.29 is 9.59 Å². The van der Waals surface area contributed by atoms with Crippen LogP contribution < -0.4 is 5.32 Å². The molecular weight excluding hydrogens is 318 g/mol. The number of thiazole rings is 1. The van der Waals surface area contributed by atoms with Crippen molar-refractivity contribution in [1.82, 2.24) is 15.2 Å². The average molecular weight is 339 g/mol. The monoisotopic (exact) mass is 339 g/mol. The van der Waals surface area contributed by atoms with E-state index in [2.05, 4.69) is 10.3 Å². The zero-order chi connectivity index (χ0) is 15.7. The zero-order valence-electron chi connectivity index (χ0n) is 12.7. The maximum atomic E-state index is 12.8. The van der Waals surface area contributed by atoms with E-state index in [0.29, 0.717) is 19.4 Å². The Bertz CT molecular complexity index is 637. The molecule has 0 unspecified atom stereocenters. The zero-order valence-corrected chi connectivity index (χ0v) is 14.3. The quantitative estimate of drug-likeness (QED) is 0.830. The van der Waals surface area contributed by atoms with Gasteiger partial charge in [0.2, 0.25) is 11.8 Å². The summed E-state index contributed by atoms with van der Waals surface area (Å²) < 4.78 is 0.723. The molecule has 0 radical (unpaired) electrons. The van der Waals surface area contributed by atoms with Crippen LogP contribution in [-0.4, -0.2) is 40.8 Å². The molecule has 2 saturated heterocycles. The number of hydrogen-bond donors (Lipinski definition) is 2. The fourth-order valence-corrected chi connectivity index (χ4v) is 4.78. The number of aromatic nitrogens is 1. The van der Waals surface area contributed by atoms with E-state index >= 15 is 0 Å². The second kappa shape index (κ2) is 6.50. The summed E-state index contributed by atoms with van der Waals surface area (Å²) in [6, 6.07) is 0.201. The summed E-state index contributed by atoms with van der Waals surface area (Å²) in [5.41, 5.74) is 0.995. The number of aryl methyl sites for hydroxylation is 1. The molecule has 7 heteroatoms. The molecule has 0 aromatic carbocycles. The second-order valence-electron chi connectivity index (χ2n) is 6.16. The maximum absolute atomic E-state index is 12.8. The molecule has 3 heterocycles. The van der Waals surface area contributed by atoms with Gasteiger partial charge in [-0.15, -0.1) is 11.3 Å². The first-order chi connectivity index (χ1) is 10.5. The van der Waals surface area contributed by atoms with Gasteiger partial charge in [0.25, 0.3) is 0 Å². The van der Waals surface area contributed by atoms with Gasteiger partial charge < -0.3 is 15.2 Å². The number of nitrogens with zero attached hydrogens (tertiary/aromatic N) is 1. The number of rotatable bonds is 3. The molecule has 2 aliphatic rings. The largest absolute Gasteiger partial charge is 0.356 e. The lowest BCUT2D eigenvalue weighted by Gasteiger charge is -2.39. The van der Waals surface area contributed by atoms with Gasteiger partial charge in [0.05, 0.1) is 6.42 Å². The van der Waals surface area contributed by atoms with Gasteiger partial charge in [0.15, 0.2) is 3.95 Å². The van der Waals surface area contributed by atoms with E-state index in [9.17, 15) is 9.59 Å². The lowest BCUT2D eigenvalue weighted by Crippen LogP contribution is -2.48. The van der Waals surface area contributed by atoms with Crippen molar-refractivity contribution in [3.63, 3.8) is 0 Å². The highest BCUT2D eigenvalue weighted by atomic mass is 32.1. The van der Waals surface area contributed by atoms with Gasteiger partial charge in [-0.1, -0.05) is 0 Å². The Labute approximate surface area is 139 Å². The predicted octanol–water partition coefficient (Wildman–Crippen LogP) is 2.17. The Kier molecular flexibility index (Phi) is 4.63. The number of likely N-dealkylation sites (tertiary alicyclic amines) is 1. The van der Waals surface area contributed by atoms with Crippen LogP contribution in [0, 0.1) is 16.8 Å². The van der Waals surface area contributed by atoms with Crippen LogP contribution in [0.1, 0.15) is 36.3 Å². The number of carbonyl (C=O) groups is 2. The summed E-state index contributed by atoms with van der Waals surface area (Å²) in [7, 11) is 0. The molecule has 2 fully saturated rings. The smallest absolute Gasteiger partial charge is 0.228 e. The highest BCUT2D eigenvalue weighted by Gasteiger charge is 2.36. The minimum Gasteiger partial charge on any atom is -0.356 e. The van der Waals surface area contributed by atoms with Crippen molar-refractivity contribution in [3.8, 4) is 0 Å². The summed E-state index contributed by atoms with van der Waals surface area (Å²) in [5.74, 6) is 0.544. The van der Waals surface area contributed by atoms with Crippen molar-refractivity contribution in [2.75, 3.05) is 13.1 Å². The van der Waals surface area contributed by atoms with Crippen LogP contribution in [0.3, 0.4) is 0 Å². The lowest BCUT2D eigenvalue weighted by molar-refractivity contribution is -0.135. The molecule has 5 nitrogen and oxygen atoms in total. The van der Waals surface area contributed by atoms with Crippen LogP contribution >= 0.6 is 23.6 Å². The maximum Gasteiger partial charge on any atom is 0.228 e. The first-order valence-electron chi connectivity index (χ1n) is 7.79. The van der Waals surface area contributed by atoms with E-state index in [-0.39, 0.29) is 23.8 Å². The summed E-state index contributed by atoms with van der Waals surface area (Å²) >= 11 is 6.63. The van der Waals surface area contributed by atoms with Crippen molar-refractivity contribution in [2.24, 2.45) is 5.92 Å². The molecule has 1 aromatic rings. The van der Waals surface area contributed by atoms with E-state index in [1.165, 1.54) is 11.3 Å². The van der Waals surface area contributed by atoms with E-state index in [4.69, 9.17) is 12.2 Å². The van der Waals surface area contributed by atoms with Gasteiger partial charge in [0, 0.05) is 42.0 Å². The van der Waals surface area contributed by atoms with Gasteiger partial charge in [-0.25, -0.2) is 0 Å². The predicted molar refractivity (Wildman–Crippen MR) is 88.4 cm³/mol. The molecule has 0 bridgehead atoms. The number of carbonyl (C=O) groups excluding carboxylic acids is 2. The molecule has 2 aliphatic heterocycles. The van der Waals surface area contributed by atoms with E-state index < -0.39 is 0 Å². The molecule has 0 aliphatic carbocycles. The van der Waals surface area contributed by atoms with Gasteiger partial charge >= 0.3 is 0 Å². The van der Waals surface area contributed by atoms with Crippen LogP contribution in [0.25, 0.3) is 0 Å². The van der Waals surface area contributed by atoms with E-state index in [1.807, 2.05) is 11.8 Å². The lowest BCUT2D eigenvalue weighted by atomic mass is 9.89. The second-order valence-corrected chi connectivity index (χ2v) is 7.93. The Morgan fingerprint density at radius 1 is 1.45 bits per heavy atom. The average Bonchev–Trinajstić information content (AvgIpc) is 3.05. The van der Waals surface area contributed by atoms with E-state index in [1.54, 1.807) is 0 Å². The molecule has 0 spiro atoms. The number of aromatic amines is 1. The van der Waals surface area contributed by atoms with Crippen LogP contribution in [0.15, 0.2) is 0 Å². The first kappa shape index (κ1) is 15.7. The fourth-order valence-electron chi connectivity index (χ4n) is 3.50. The molecule has 0 saturated carbocycles. The van der Waals surface area contributed by atoms with Crippen LogP contribution in [0.2, 0.25) is 0 Å². The minimum atomic E-state index is 0.113. The first-order valence-corrected chi connectivity index (χ1v) is 9.02. The summed E-state index contributed by atoms with van der Waals surface area (Å²) in [4.78, 5) is 30.4. The Morgan fingerprint density at radius 2 is 2.27 bits per heavy atom. The Morgan fingerprint density at radius 3 is 2.91 bits per heavy atom. The number of H-pyrrole nitrogens is 1. The third-order valence-electron chi connectivity index (χ3n) is 4.66. The highest BCUT2D eigenvalue weighted by Crippen LogP contribution is 2.28. The molecule has 2 amide bonds.